The van der Waals surface area contributed by atoms with Crippen molar-refractivity contribution in [3.8, 4) is 0 Å². The molecule has 1 aliphatic rings. The summed E-state index contributed by atoms with van der Waals surface area (Å²) in [5.41, 5.74) is 1.67. The second kappa shape index (κ2) is 5.72. The molecule has 0 radical (unpaired) electrons. The Morgan fingerprint density at radius 2 is 1.86 bits per heavy atom. The summed E-state index contributed by atoms with van der Waals surface area (Å²) in [5.74, 6) is 0.116. The number of anilines is 1. The van der Waals surface area contributed by atoms with E-state index in [4.69, 9.17) is 0 Å². The Hall–Kier alpha value is -2.10. The molecule has 0 aliphatic heterocycles. The molecule has 1 aromatic carbocycles. The molecule has 0 spiro atoms. The van der Waals surface area contributed by atoms with Crippen molar-refractivity contribution in [2.24, 2.45) is 10.5 Å². The average Bonchev–Trinajstić information content (AvgIpc) is 2.37. The monoisotopic (exact) mass is 286 g/mol. The van der Waals surface area contributed by atoms with Crippen LogP contribution in [0.1, 0.15) is 33.6 Å². The molecule has 0 atom stereocenters. The summed E-state index contributed by atoms with van der Waals surface area (Å²) in [6.45, 7) is 5.74. The van der Waals surface area contributed by atoms with E-state index in [-0.39, 0.29) is 17.0 Å². The van der Waals surface area contributed by atoms with Gasteiger partial charge in [-0.05, 0) is 24.5 Å². The van der Waals surface area contributed by atoms with E-state index >= 15 is 0 Å². The first-order chi connectivity index (χ1) is 9.80. The van der Waals surface area contributed by atoms with E-state index in [2.05, 4.69) is 5.10 Å². The lowest BCUT2D eigenvalue weighted by Gasteiger charge is -2.29. The third-order valence-electron chi connectivity index (χ3n) is 3.64. The Morgan fingerprint density at radius 1 is 1.24 bits per heavy atom. The van der Waals surface area contributed by atoms with Crippen LogP contribution in [0.5, 0.6) is 0 Å². The van der Waals surface area contributed by atoms with Crippen molar-refractivity contribution in [3.63, 3.8) is 0 Å². The third-order valence-corrected chi connectivity index (χ3v) is 3.64. The molecule has 4 nitrogen and oxygen atoms in total. The normalized spacial score (nSPS) is 18.9. The van der Waals surface area contributed by atoms with Crippen molar-refractivity contribution in [3.05, 3.63) is 41.7 Å². The second-order valence-electron chi connectivity index (χ2n) is 6.31. The van der Waals surface area contributed by atoms with Gasteiger partial charge >= 0.3 is 0 Å². The number of carbonyl (C=O) groups excluding carboxylic acids is 1. The molecule has 0 amide bonds. The van der Waals surface area contributed by atoms with E-state index in [1.54, 1.807) is 11.9 Å². The number of aliphatic hydroxyl groups excluding tert-OH is 1. The zero-order valence-electron chi connectivity index (χ0n) is 13.1. The first kappa shape index (κ1) is 15.3. The van der Waals surface area contributed by atoms with Crippen LogP contribution in [0.4, 0.5) is 5.69 Å². The van der Waals surface area contributed by atoms with Gasteiger partial charge in [0, 0.05) is 19.9 Å². The molecular formula is C17H22N2O2. The highest BCUT2D eigenvalue weighted by Crippen LogP contribution is 2.36. The number of benzene rings is 1. The van der Waals surface area contributed by atoms with Gasteiger partial charge in [0.2, 0.25) is 0 Å². The van der Waals surface area contributed by atoms with Gasteiger partial charge in [-0.2, -0.15) is 5.10 Å². The van der Waals surface area contributed by atoms with Crippen molar-refractivity contribution < 1.29 is 9.90 Å². The van der Waals surface area contributed by atoms with E-state index < -0.39 is 0 Å². The first-order valence-corrected chi connectivity index (χ1v) is 7.10. The summed E-state index contributed by atoms with van der Waals surface area (Å²) < 4.78 is 0. The minimum absolute atomic E-state index is 0.0357. The van der Waals surface area contributed by atoms with Crippen molar-refractivity contribution in [2.75, 3.05) is 12.1 Å². The smallest absolute Gasteiger partial charge is 0.168 e. The maximum atomic E-state index is 12.3. The summed E-state index contributed by atoms with van der Waals surface area (Å²) in [4.78, 5) is 12.3. The van der Waals surface area contributed by atoms with E-state index in [1.165, 1.54) is 0 Å². The van der Waals surface area contributed by atoms with Crippen molar-refractivity contribution >= 4 is 17.2 Å². The van der Waals surface area contributed by atoms with Crippen LogP contribution in [0, 0.1) is 5.41 Å². The number of Topliss-reactive ketones (excluding diaryl/α,β-unsaturated/α-hetero) is 1. The molecule has 0 fully saturated rings. The molecule has 21 heavy (non-hydrogen) atoms. The Morgan fingerprint density at radius 3 is 2.43 bits per heavy atom. The van der Waals surface area contributed by atoms with Crippen LogP contribution in [-0.2, 0) is 4.79 Å². The molecule has 2 rings (SSSR count). The molecule has 0 saturated carbocycles. The maximum absolute atomic E-state index is 12.3. The van der Waals surface area contributed by atoms with Gasteiger partial charge < -0.3 is 5.11 Å². The Labute approximate surface area is 125 Å². The van der Waals surface area contributed by atoms with E-state index in [9.17, 15) is 9.90 Å². The molecule has 0 heterocycles. The fourth-order valence-electron chi connectivity index (χ4n) is 2.68. The summed E-state index contributed by atoms with van der Waals surface area (Å²) in [5, 5.41) is 16.3. The number of rotatable bonds is 3. The molecule has 4 heteroatoms. The largest absolute Gasteiger partial charge is 0.511 e. The third kappa shape index (κ3) is 3.51. The number of hydrazone groups is 1. The topological polar surface area (TPSA) is 52.9 Å². The van der Waals surface area contributed by atoms with Gasteiger partial charge in [-0.15, -0.1) is 0 Å². The summed E-state index contributed by atoms with van der Waals surface area (Å²) >= 11 is 0. The van der Waals surface area contributed by atoms with E-state index in [0.29, 0.717) is 24.1 Å². The number of ketones is 1. The van der Waals surface area contributed by atoms with Gasteiger partial charge in [-0.3, -0.25) is 9.80 Å². The molecule has 112 valence electrons. The summed E-state index contributed by atoms with van der Waals surface area (Å²) in [6, 6.07) is 9.69. The number of aliphatic hydroxyl groups is 1. The Balaban J connectivity index is 2.29. The van der Waals surface area contributed by atoms with Crippen LogP contribution >= 0.6 is 0 Å². The van der Waals surface area contributed by atoms with Crippen molar-refractivity contribution in [2.45, 2.75) is 33.6 Å². The molecule has 0 bridgehead atoms. The number of para-hydroxylation sites is 1. The predicted molar refractivity (Wildman–Crippen MR) is 85.6 cm³/mol. The van der Waals surface area contributed by atoms with Gasteiger partial charge in [-0.25, -0.2) is 0 Å². The quantitative estimate of drug-likeness (QED) is 0.681. The van der Waals surface area contributed by atoms with Gasteiger partial charge in [0.25, 0.3) is 0 Å². The highest BCUT2D eigenvalue weighted by Gasteiger charge is 2.34. The van der Waals surface area contributed by atoms with E-state index in [1.807, 2.05) is 51.2 Å². The van der Waals surface area contributed by atoms with Crippen LogP contribution in [0.2, 0.25) is 0 Å². The SMILES string of the molecule is CC(=NN(C)c1ccccc1)C1=C(O)CC(C)(C)CC1=O. The lowest BCUT2D eigenvalue weighted by molar-refractivity contribution is -0.117. The lowest BCUT2D eigenvalue weighted by atomic mass is 9.76. The number of carbonyl (C=O) groups is 1. The fraction of sp³-hybridized carbons (Fsp3) is 0.412. The number of hydrogen-bond donors (Lipinski definition) is 1. The standard InChI is InChI=1S/C17H22N2O2/c1-12(18-19(4)13-8-6-5-7-9-13)16-14(20)10-17(2,3)11-15(16)21/h5-9,20H,10-11H2,1-4H3. The molecule has 0 aromatic heterocycles. The molecule has 1 aliphatic carbocycles. The number of allylic oxidation sites excluding steroid dienone is 2. The minimum Gasteiger partial charge on any atom is -0.511 e. The molecule has 0 saturated heterocycles. The average molecular weight is 286 g/mol. The predicted octanol–water partition coefficient (Wildman–Crippen LogP) is 3.70. The number of nitrogens with zero attached hydrogens (tertiary/aromatic N) is 2. The fourth-order valence-corrected chi connectivity index (χ4v) is 2.68. The lowest BCUT2D eigenvalue weighted by Crippen LogP contribution is -2.29. The van der Waals surface area contributed by atoms with Crippen molar-refractivity contribution in [1.82, 2.24) is 0 Å². The summed E-state index contributed by atoms with van der Waals surface area (Å²) in [6.07, 6.45) is 0.949. The maximum Gasteiger partial charge on any atom is 0.168 e. The highest BCUT2D eigenvalue weighted by atomic mass is 16.3. The van der Waals surface area contributed by atoms with Crippen LogP contribution in [-0.4, -0.2) is 23.6 Å². The molecule has 0 unspecified atom stereocenters. The van der Waals surface area contributed by atoms with Crippen LogP contribution in [0.3, 0.4) is 0 Å². The van der Waals surface area contributed by atoms with Crippen LogP contribution in [0.25, 0.3) is 0 Å². The minimum atomic E-state index is -0.184. The Kier molecular flexibility index (Phi) is 4.16. The van der Waals surface area contributed by atoms with Crippen LogP contribution < -0.4 is 5.01 Å². The van der Waals surface area contributed by atoms with Crippen LogP contribution in [0.15, 0.2) is 46.8 Å². The highest BCUT2D eigenvalue weighted by molar-refractivity contribution is 6.22. The van der Waals surface area contributed by atoms with Gasteiger partial charge in [-0.1, -0.05) is 32.0 Å². The zero-order valence-corrected chi connectivity index (χ0v) is 13.1. The van der Waals surface area contributed by atoms with Crippen molar-refractivity contribution in [1.29, 1.82) is 0 Å². The molecule has 1 aromatic rings. The van der Waals surface area contributed by atoms with E-state index in [0.717, 1.165) is 5.69 Å². The number of hydrogen-bond acceptors (Lipinski definition) is 4. The molecular weight excluding hydrogens is 264 g/mol. The van der Waals surface area contributed by atoms with Gasteiger partial charge in [0.05, 0.1) is 17.0 Å². The summed E-state index contributed by atoms with van der Waals surface area (Å²) in [7, 11) is 1.83. The van der Waals surface area contributed by atoms with Gasteiger partial charge in [0.1, 0.15) is 5.76 Å². The second-order valence-corrected chi connectivity index (χ2v) is 6.31. The van der Waals surface area contributed by atoms with Gasteiger partial charge in [0.15, 0.2) is 5.78 Å². The molecule has 1 N–H and O–H groups in total. The first-order valence-electron chi connectivity index (χ1n) is 7.10. The Bertz CT molecular complexity index is 600. The zero-order chi connectivity index (χ0) is 15.6.